The third-order valence-corrected chi connectivity index (χ3v) is 4.67. The number of aromatic nitrogens is 2. The lowest BCUT2D eigenvalue weighted by Gasteiger charge is -2.06. The van der Waals surface area contributed by atoms with Crippen molar-refractivity contribution >= 4 is 28.6 Å². The Morgan fingerprint density at radius 2 is 2.04 bits per heavy atom. The van der Waals surface area contributed by atoms with Crippen LogP contribution in [0.1, 0.15) is 21.5 Å². The first-order valence-electron chi connectivity index (χ1n) is 7.57. The van der Waals surface area contributed by atoms with Gasteiger partial charge in [-0.1, -0.05) is 42.0 Å². The Bertz CT molecular complexity index is 795. The second kappa shape index (κ2) is 7.33. The number of aryl methyl sites for hydroxylation is 1. The topological polar surface area (TPSA) is 57.8 Å². The average Bonchev–Trinajstić information content (AvgIpc) is 3.04. The number of amides is 1. The number of hydrogen-bond acceptors (Lipinski definition) is 3. The fraction of sp³-hybridized carbons (Fsp3) is 0.222. The SMILES string of the molecule is Cc1ccc(CSCCNC(=O)c2cccc3cn[nH]c23)cc1. The van der Waals surface area contributed by atoms with Crippen molar-refractivity contribution in [3.05, 3.63) is 65.4 Å². The number of thioether (sulfide) groups is 1. The lowest BCUT2D eigenvalue weighted by molar-refractivity contribution is 0.0957. The van der Waals surface area contributed by atoms with E-state index in [9.17, 15) is 4.79 Å². The molecule has 0 spiro atoms. The van der Waals surface area contributed by atoms with E-state index < -0.39 is 0 Å². The van der Waals surface area contributed by atoms with Crippen molar-refractivity contribution in [2.45, 2.75) is 12.7 Å². The van der Waals surface area contributed by atoms with Crippen molar-refractivity contribution in [2.75, 3.05) is 12.3 Å². The summed E-state index contributed by atoms with van der Waals surface area (Å²) in [5.74, 6) is 1.79. The van der Waals surface area contributed by atoms with E-state index in [1.54, 1.807) is 6.20 Å². The van der Waals surface area contributed by atoms with E-state index in [0.29, 0.717) is 12.1 Å². The lowest BCUT2D eigenvalue weighted by atomic mass is 10.1. The summed E-state index contributed by atoms with van der Waals surface area (Å²) in [6.45, 7) is 2.74. The number of H-pyrrole nitrogens is 1. The zero-order valence-corrected chi connectivity index (χ0v) is 13.8. The molecule has 0 saturated heterocycles. The molecule has 5 heteroatoms. The van der Waals surface area contributed by atoms with Crippen LogP contribution in [-0.2, 0) is 5.75 Å². The van der Waals surface area contributed by atoms with Crippen LogP contribution in [0, 0.1) is 6.92 Å². The molecule has 23 heavy (non-hydrogen) atoms. The second-order valence-corrected chi connectivity index (χ2v) is 6.54. The standard InChI is InChI=1S/C18H19N3OS/c1-13-5-7-14(8-6-13)12-23-10-9-19-18(22)16-4-2-3-15-11-20-21-17(15)16/h2-8,11H,9-10,12H2,1H3,(H,19,22)(H,20,21). The van der Waals surface area contributed by atoms with Crippen LogP contribution < -0.4 is 5.32 Å². The highest BCUT2D eigenvalue weighted by Gasteiger charge is 2.10. The molecule has 2 N–H and O–H groups in total. The maximum Gasteiger partial charge on any atom is 0.253 e. The second-order valence-electron chi connectivity index (χ2n) is 5.43. The summed E-state index contributed by atoms with van der Waals surface area (Å²) >= 11 is 1.82. The van der Waals surface area contributed by atoms with Crippen molar-refractivity contribution in [3.8, 4) is 0 Å². The van der Waals surface area contributed by atoms with E-state index in [0.717, 1.165) is 22.4 Å². The van der Waals surface area contributed by atoms with Gasteiger partial charge < -0.3 is 5.32 Å². The highest BCUT2D eigenvalue weighted by molar-refractivity contribution is 7.98. The third-order valence-electron chi connectivity index (χ3n) is 3.64. The molecule has 118 valence electrons. The molecule has 0 bridgehead atoms. The van der Waals surface area contributed by atoms with E-state index in [1.807, 2.05) is 30.0 Å². The van der Waals surface area contributed by atoms with Gasteiger partial charge in [0.05, 0.1) is 17.3 Å². The molecule has 1 amide bonds. The molecule has 4 nitrogen and oxygen atoms in total. The predicted molar refractivity (Wildman–Crippen MR) is 95.8 cm³/mol. The fourth-order valence-electron chi connectivity index (χ4n) is 2.36. The van der Waals surface area contributed by atoms with Gasteiger partial charge in [0, 0.05) is 23.4 Å². The van der Waals surface area contributed by atoms with Crippen LogP contribution in [0.15, 0.2) is 48.7 Å². The number of rotatable bonds is 6. The van der Waals surface area contributed by atoms with Crippen LogP contribution in [-0.4, -0.2) is 28.4 Å². The summed E-state index contributed by atoms with van der Waals surface area (Å²) in [7, 11) is 0. The van der Waals surface area contributed by atoms with Gasteiger partial charge in [-0.15, -0.1) is 0 Å². The number of fused-ring (bicyclic) bond motifs is 1. The Morgan fingerprint density at radius 3 is 2.87 bits per heavy atom. The lowest BCUT2D eigenvalue weighted by Crippen LogP contribution is -2.26. The fourth-order valence-corrected chi connectivity index (χ4v) is 3.18. The Hall–Kier alpha value is -2.27. The van der Waals surface area contributed by atoms with Crippen LogP contribution in [0.25, 0.3) is 10.9 Å². The predicted octanol–water partition coefficient (Wildman–Crippen LogP) is 3.53. The van der Waals surface area contributed by atoms with Crippen molar-refractivity contribution in [2.24, 2.45) is 0 Å². The van der Waals surface area contributed by atoms with Crippen molar-refractivity contribution < 1.29 is 4.79 Å². The number of carbonyl (C=O) groups excluding carboxylic acids is 1. The molecular formula is C18H19N3OS. The molecule has 0 aliphatic heterocycles. The first-order valence-corrected chi connectivity index (χ1v) is 8.73. The molecule has 0 saturated carbocycles. The number of para-hydroxylation sites is 1. The van der Waals surface area contributed by atoms with Crippen molar-refractivity contribution in [1.29, 1.82) is 0 Å². The van der Waals surface area contributed by atoms with Crippen LogP contribution in [0.5, 0.6) is 0 Å². The number of benzene rings is 2. The maximum atomic E-state index is 12.3. The third kappa shape index (κ3) is 3.93. The number of hydrogen-bond donors (Lipinski definition) is 2. The van der Waals surface area contributed by atoms with E-state index in [2.05, 4.69) is 46.7 Å². The van der Waals surface area contributed by atoms with Gasteiger partial charge in [-0.05, 0) is 18.6 Å². The first-order chi connectivity index (χ1) is 11.2. The van der Waals surface area contributed by atoms with Gasteiger partial charge in [-0.2, -0.15) is 16.9 Å². The van der Waals surface area contributed by atoms with E-state index in [-0.39, 0.29) is 5.91 Å². The number of nitrogens with one attached hydrogen (secondary N) is 2. The van der Waals surface area contributed by atoms with Crippen LogP contribution in [0.3, 0.4) is 0 Å². The van der Waals surface area contributed by atoms with Crippen LogP contribution >= 0.6 is 11.8 Å². The van der Waals surface area contributed by atoms with E-state index in [4.69, 9.17) is 0 Å². The Balaban J connectivity index is 1.46. The molecule has 3 rings (SSSR count). The van der Waals surface area contributed by atoms with Gasteiger partial charge in [-0.3, -0.25) is 9.89 Å². The van der Waals surface area contributed by atoms with Gasteiger partial charge >= 0.3 is 0 Å². The highest BCUT2D eigenvalue weighted by atomic mass is 32.2. The minimum atomic E-state index is -0.0595. The average molecular weight is 325 g/mol. The minimum Gasteiger partial charge on any atom is -0.351 e. The Labute approximate surface area is 139 Å². The molecule has 1 aromatic heterocycles. The van der Waals surface area contributed by atoms with Crippen LogP contribution in [0.4, 0.5) is 0 Å². The minimum absolute atomic E-state index is 0.0595. The van der Waals surface area contributed by atoms with Gasteiger partial charge in [0.1, 0.15) is 0 Å². The smallest absolute Gasteiger partial charge is 0.253 e. The monoisotopic (exact) mass is 325 g/mol. The summed E-state index contributed by atoms with van der Waals surface area (Å²) in [5, 5.41) is 10.8. The zero-order chi connectivity index (χ0) is 16.1. The molecule has 2 aromatic carbocycles. The summed E-state index contributed by atoms with van der Waals surface area (Å²) in [4.78, 5) is 12.3. The summed E-state index contributed by atoms with van der Waals surface area (Å²) in [6.07, 6.45) is 1.73. The number of nitrogens with zero attached hydrogens (tertiary/aromatic N) is 1. The summed E-state index contributed by atoms with van der Waals surface area (Å²) < 4.78 is 0. The molecule has 1 heterocycles. The maximum absolute atomic E-state index is 12.3. The molecular weight excluding hydrogens is 306 g/mol. The number of aromatic amines is 1. The molecule has 0 aliphatic carbocycles. The normalized spacial score (nSPS) is 10.8. The molecule has 0 unspecified atom stereocenters. The van der Waals surface area contributed by atoms with Crippen molar-refractivity contribution in [3.63, 3.8) is 0 Å². The first kappa shape index (κ1) is 15.6. The van der Waals surface area contributed by atoms with Crippen molar-refractivity contribution in [1.82, 2.24) is 15.5 Å². The van der Waals surface area contributed by atoms with Gasteiger partial charge in [-0.25, -0.2) is 0 Å². The molecule has 0 atom stereocenters. The van der Waals surface area contributed by atoms with Gasteiger partial charge in [0.2, 0.25) is 0 Å². The largest absolute Gasteiger partial charge is 0.351 e. The number of carbonyl (C=O) groups is 1. The molecule has 0 fully saturated rings. The van der Waals surface area contributed by atoms with E-state index in [1.165, 1.54) is 11.1 Å². The molecule has 0 radical (unpaired) electrons. The Kier molecular flexibility index (Phi) is 4.98. The van der Waals surface area contributed by atoms with E-state index >= 15 is 0 Å². The van der Waals surface area contributed by atoms with Gasteiger partial charge in [0.25, 0.3) is 5.91 Å². The zero-order valence-electron chi connectivity index (χ0n) is 13.0. The molecule has 0 aliphatic rings. The quantitative estimate of drug-likeness (QED) is 0.682. The summed E-state index contributed by atoms with van der Waals surface area (Å²) in [5.41, 5.74) is 4.02. The Morgan fingerprint density at radius 1 is 1.22 bits per heavy atom. The van der Waals surface area contributed by atoms with Crippen LogP contribution in [0.2, 0.25) is 0 Å². The van der Waals surface area contributed by atoms with Gasteiger partial charge in [0.15, 0.2) is 0 Å². The highest BCUT2D eigenvalue weighted by Crippen LogP contribution is 2.16. The summed E-state index contributed by atoms with van der Waals surface area (Å²) in [6, 6.07) is 14.2. The molecule has 3 aromatic rings.